The molecule has 0 radical (unpaired) electrons. The second-order valence-corrected chi connectivity index (χ2v) is 8.08. The van der Waals surface area contributed by atoms with E-state index in [-0.39, 0.29) is 17.7 Å². The number of nitrogens with two attached hydrogens (primary N) is 1. The summed E-state index contributed by atoms with van der Waals surface area (Å²) in [6, 6.07) is 7.84. The average molecular weight is 400 g/mol. The van der Waals surface area contributed by atoms with Gasteiger partial charge in [0.15, 0.2) is 5.96 Å². The van der Waals surface area contributed by atoms with Crippen LogP contribution in [0.5, 0.6) is 0 Å². The van der Waals surface area contributed by atoms with Crippen LogP contribution in [0.25, 0.3) is 0 Å². The summed E-state index contributed by atoms with van der Waals surface area (Å²) in [6.07, 6.45) is 5.87. The third-order valence-electron chi connectivity index (χ3n) is 5.79. The van der Waals surface area contributed by atoms with Crippen LogP contribution in [0.1, 0.15) is 54.4 Å². The van der Waals surface area contributed by atoms with E-state index in [4.69, 9.17) is 5.73 Å². The van der Waals surface area contributed by atoms with Crippen LogP contribution in [0, 0.1) is 5.92 Å². The Kier molecular flexibility index (Phi) is 7.49. The number of hydrogen-bond acceptors (Lipinski definition) is 3. The van der Waals surface area contributed by atoms with Gasteiger partial charge in [0.25, 0.3) is 5.91 Å². The van der Waals surface area contributed by atoms with E-state index in [1.165, 1.54) is 6.42 Å². The van der Waals surface area contributed by atoms with E-state index in [9.17, 15) is 9.59 Å². The summed E-state index contributed by atoms with van der Waals surface area (Å²) in [4.78, 5) is 32.6. The van der Waals surface area contributed by atoms with Crippen molar-refractivity contribution in [1.29, 1.82) is 0 Å². The molecule has 0 spiro atoms. The van der Waals surface area contributed by atoms with Crippen LogP contribution in [0.3, 0.4) is 0 Å². The minimum absolute atomic E-state index is 0.126. The van der Waals surface area contributed by atoms with Gasteiger partial charge in [0.05, 0.1) is 0 Å². The molecule has 1 unspecified atom stereocenters. The van der Waals surface area contributed by atoms with Crippen LogP contribution in [-0.2, 0) is 11.3 Å². The Hall–Kier alpha value is -2.57. The predicted molar refractivity (Wildman–Crippen MR) is 115 cm³/mol. The molecule has 0 aromatic heterocycles. The zero-order valence-electron chi connectivity index (χ0n) is 17.4. The number of rotatable bonds is 5. The molecular formula is C22H33N5O2. The lowest BCUT2D eigenvalue weighted by Crippen LogP contribution is -2.46. The van der Waals surface area contributed by atoms with Gasteiger partial charge in [0, 0.05) is 51.8 Å². The van der Waals surface area contributed by atoms with Gasteiger partial charge in [-0.05, 0) is 55.7 Å². The average Bonchev–Trinajstić information content (AvgIpc) is 2.74. The van der Waals surface area contributed by atoms with Crippen molar-refractivity contribution in [1.82, 2.24) is 15.1 Å². The van der Waals surface area contributed by atoms with Crippen molar-refractivity contribution >= 4 is 17.8 Å². The van der Waals surface area contributed by atoms with Gasteiger partial charge in [-0.3, -0.25) is 14.6 Å². The number of primary amides is 1. The highest BCUT2D eigenvalue weighted by molar-refractivity contribution is 5.94. The number of aliphatic imine (C=N–C) groups is 1. The van der Waals surface area contributed by atoms with Crippen molar-refractivity contribution in [2.24, 2.45) is 16.6 Å². The van der Waals surface area contributed by atoms with E-state index < -0.39 is 0 Å². The van der Waals surface area contributed by atoms with Gasteiger partial charge in [-0.2, -0.15) is 0 Å². The quantitative estimate of drug-likeness (QED) is 0.585. The number of amides is 2. The molecule has 2 aliphatic rings. The number of hydrogen-bond donors (Lipinski definition) is 2. The van der Waals surface area contributed by atoms with Gasteiger partial charge < -0.3 is 20.9 Å². The van der Waals surface area contributed by atoms with E-state index in [2.05, 4.69) is 15.2 Å². The number of carbonyl (C=O) groups excluding carboxylic acids is 2. The van der Waals surface area contributed by atoms with E-state index in [0.717, 1.165) is 68.9 Å². The summed E-state index contributed by atoms with van der Waals surface area (Å²) in [5.74, 6) is 0.994. The van der Waals surface area contributed by atoms with Crippen LogP contribution in [0.2, 0.25) is 0 Å². The topological polar surface area (TPSA) is 91.0 Å². The standard InChI is InChI=1S/C22H33N5O2/c1-24-22(27-12-6-8-18(16-27)14-20(23)28)25-15-17-7-5-9-19(13-17)21(29)26-10-3-2-4-11-26/h5,7,9,13,18H,2-4,6,8,10-12,14-16H2,1H3,(H2,23,28)(H,24,25). The first-order chi connectivity index (χ1) is 14.1. The molecule has 2 saturated heterocycles. The van der Waals surface area contributed by atoms with Gasteiger partial charge in [-0.15, -0.1) is 0 Å². The zero-order chi connectivity index (χ0) is 20.6. The Morgan fingerprint density at radius 1 is 1.14 bits per heavy atom. The fourth-order valence-corrected chi connectivity index (χ4v) is 4.32. The number of nitrogens with zero attached hydrogens (tertiary/aromatic N) is 3. The zero-order valence-corrected chi connectivity index (χ0v) is 17.4. The largest absolute Gasteiger partial charge is 0.370 e. The van der Waals surface area contributed by atoms with Gasteiger partial charge in [0.2, 0.25) is 5.91 Å². The molecular weight excluding hydrogens is 366 g/mol. The van der Waals surface area contributed by atoms with Crippen LogP contribution in [0.4, 0.5) is 0 Å². The van der Waals surface area contributed by atoms with E-state index in [0.29, 0.717) is 13.0 Å². The molecule has 0 saturated carbocycles. The molecule has 7 nitrogen and oxygen atoms in total. The Bertz CT molecular complexity index is 742. The van der Waals surface area contributed by atoms with Crippen molar-refractivity contribution < 1.29 is 9.59 Å². The summed E-state index contributed by atoms with van der Waals surface area (Å²) in [6.45, 7) is 4.02. The fraction of sp³-hybridized carbons (Fsp3) is 0.591. The summed E-state index contributed by atoms with van der Waals surface area (Å²) in [5.41, 5.74) is 7.18. The third-order valence-corrected chi connectivity index (χ3v) is 5.79. The molecule has 2 heterocycles. The lowest BCUT2D eigenvalue weighted by molar-refractivity contribution is -0.119. The number of nitrogens with one attached hydrogen (secondary N) is 1. The maximum atomic E-state index is 12.8. The maximum Gasteiger partial charge on any atom is 0.253 e. The molecule has 2 amide bonds. The van der Waals surface area contributed by atoms with Crippen LogP contribution in [0.15, 0.2) is 29.3 Å². The molecule has 1 aromatic rings. The van der Waals surface area contributed by atoms with Gasteiger partial charge in [-0.25, -0.2) is 0 Å². The van der Waals surface area contributed by atoms with Crippen LogP contribution in [-0.4, -0.2) is 60.8 Å². The smallest absolute Gasteiger partial charge is 0.253 e. The first-order valence-electron chi connectivity index (χ1n) is 10.7. The number of piperidine rings is 2. The van der Waals surface area contributed by atoms with Gasteiger partial charge >= 0.3 is 0 Å². The molecule has 158 valence electrons. The summed E-state index contributed by atoms with van der Waals surface area (Å²) in [5, 5.41) is 3.41. The van der Waals surface area contributed by atoms with Gasteiger partial charge in [-0.1, -0.05) is 12.1 Å². The molecule has 29 heavy (non-hydrogen) atoms. The van der Waals surface area contributed by atoms with Gasteiger partial charge in [0.1, 0.15) is 0 Å². The second-order valence-electron chi connectivity index (χ2n) is 8.08. The third kappa shape index (κ3) is 5.95. The number of carbonyl (C=O) groups is 2. The van der Waals surface area contributed by atoms with Crippen molar-refractivity contribution in [2.75, 3.05) is 33.2 Å². The van der Waals surface area contributed by atoms with Crippen LogP contribution < -0.4 is 11.1 Å². The molecule has 7 heteroatoms. The molecule has 3 rings (SSSR count). The summed E-state index contributed by atoms with van der Waals surface area (Å²) >= 11 is 0. The summed E-state index contributed by atoms with van der Waals surface area (Å²) < 4.78 is 0. The number of guanidine groups is 1. The van der Waals surface area contributed by atoms with E-state index in [1.54, 1.807) is 7.05 Å². The minimum atomic E-state index is -0.241. The fourth-order valence-electron chi connectivity index (χ4n) is 4.32. The van der Waals surface area contributed by atoms with Crippen molar-refractivity contribution in [3.8, 4) is 0 Å². The highest BCUT2D eigenvalue weighted by atomic mass is 16.2. The van der Waals surface area contributed by atoms with E-state index in [1.807, 2.05) is 29.2 Å². The highest BCUT2D eigenvalue weighted by Crippen LogP contribution is 2.19. The minimum Gasteiger partial charge on any atom is -0.370 e. The second kappa shape index (κ2) is 10.3. The maximum absolute atomic E-state index is 12.8. The molecule has 1 aromatic carbocycles. The molecule has 2 aliphatic heterocycles. The highest BCUT2D eigenvalue weighted by Gasteiger charge is 2.23. The normalized spacial score (nSPS) is 20.4. The Labute approximate surface area is 173 Å². The molecule has 0 aliphatic carbocycles. The van der Waals surface area contributed by atoms with Crippen molar-refractivity contribution in [2.45, 2.75) is 45.1 Å². The molecule has 3 N–H and O–H groups in total. The first kappa shape index (κ1) is 21.1. The molecule has 1 atom stereocenters. The Morgan fingerprint density at radius 3 is 2.62 bits per heavy atom. The summed E-state index contributed by atoms with van der Waals surface area (Å²) in [7, 11) is 1.77. The Balaban J connectivity index is 1.58. The predicted octanol–water partition coefficient (Wildman–Crippen LogP) is 1.98. The SMILES string of the molecule is CN=C(NCc1cccc(C(=O)N2CCCCC2)c1)N1CCCC(CC(N)=O)C1. The van der Waals surface area contributed by atoms with Crippen LogP contribution >= 0.6 is 0 Å². The lowest BCUT2D eigenvalue weighted by Gasteiger charge is -2.34. The van der Waals surface area contributed by atoms with Crippen molar-refractivity contribution in [3.63, 3.8) is 0 Å². The first-order valence-corrected chi connectivity index (χ1v) is 10.7. The molecule has 2 fully saturated rings. The number of benzene rings is 1. The monoisotopic (exact) mass is 399 g/mol. The van der Waals surface area contributed by atoms with Crippen molar-refractivity contribution in [3.05, 3.63) is 35.4 Å². The van der Waals surface area contributed by atoms with E-state index >= 15 is 0 Å². The molecule has 0 bridgehead atoms. The Morgan fingerprint density at radius 2 is 1.90 bits per heavy atom. The lowest BCUT2D eigenvalue weighted by atomic mass is 9.95. The number of likely N-dealkylation sites (tertiary alicyclic amines) is 2.